The largest absolute Gasteiger partial charge is 0.352 e. The van der Waals surface area contributed by atoms with E-state index in [-0.39, 0.29) is 11.1 Å². The van der Waals surface area contributed by atoms with Gasteiger partial charge in [-0.05, 0) is 31.0 Å². The van der Waals surface area contributed by atoms with Gasteiger partial charge in [-0.15, -0.1) is 0 Å². The number of nitrogens with one attached hydrogen (secondary N) is 1. The van der Waals surface area contributed by atoms with Gasteiger partial charge in [-0.3, -0.25) is 4.79 Å². The number of benzene rings is 1. The number of carbonyl (C=O) groups is 1. The van der Waals surface area contributed by atoms with Gasteiger partial charge in [0.1, 0.15) is 10.7 Å². The summed E-state index contributed by atoms with van der Waals surface area (Å²) < 4.78 is 36.3. The number of sulfonamides is 1. The van der Waals surface area contributed by atoms with Gasteiger partial charge in [-0.25, -0.2) is 17.9 Å². The monoisotopic (exact) mass is 302 g/mol. The molecule has 0 saturated heterocycles. The van der Waals surface area contributed by atoms with E-state index in [2.05, 4.69) is 5.32 Å². The third-order valence-electron chi connectivity index (χ3n) is 2.86. The van der Waals surface area contributed by atoms with Crippen LogP contribution in [0.15, 0.2) is 17.0 Å². The van der Waals surface area contributed by atoms with Gasteiger partial charge in [0.05, 0.1) is 0 Å². The maximum absolute atomic E-state index is 13.7. The molecule has 1 rings (SSSR count). The molecule has 1 aromatic carbocycles. The molecule has 0 unspecified atom stereocenters. The van der Waals surface area contributed by atoms with Gasteiger partial charge in [0.15, 0.2) is 0 Å². The van der Waals surface area contributed by atoms with Crippen LogP contribution < -0.4 is 10.5 Å². The Bertz CT molecular complexity index is 600. The first-order valence-electron chi connectivity index (χ1n) is 6.38. The average molecular weight is 302 g/mol. The third-order valence-corrected chi connectivity index (χ3v) is 3.77. The van der Waals surface area contributed by atoms with Crippen LogP contribution in [0.2, 0.25) is 0 Å². The van der Waals surface area contributed by atoms with Crippen molar-refractivity contribution >= 4 is 15.9 Å². The van der Waals surface area contributed by atoms with E-state index in [1.807, 2.05) is 6.92 Å². The lowest BCUT2D eigenvalue weighted by atomic mass is 10.1. The Kier molecular flexibility index (Phi) is 5.64. The van der Waals surface area contributed by atoms with Gasteiger partial charge in [0.25, 0.3) is 5.91 Å². The highest BCUT2D eigenvalue weighted by atomic mass is 32.2. The van der Waals surface area contributed by atoms with Crippen molar-refractivity contribution in [2.75, 3.05) is 6.54 Å². The van der Waals surface area contributed by atoms with E-state index in [0.29, 0.717) is 6.54 Å². The van der Waals surface area contributed by atoms with Crippen molar-refractivity contribution in [3.63, 3.8) is 0 Å². The molecule has 0 aliphatic heterocycles. The lowest BCUT2D eigenvalue weighted by molar-refractivity contribution is 0.0952. The van der Waals surface area contributed by atoms with E-state index < -0.39 is 26.6 Å². The summed E-state index contributed by atoms with van der Waals surface area (Å²) in [7, 11) is -4.20. The Hall–Kier alpha value is -1.47. The highest BCUT2D eigenvalue weighted by Crippen LogP contribution is 2.19. The van der Waals surface area contributed by atoms with Crippen molar-refractivity contribution in [2.45, 2.75) is 38.0 Å². The first kappa shape index (κ1) is 16.6. The van der Waals surface area contributed by atoms with Crippen LogP contribution in [0.3, 0.4) is 0 Å². The summed E-state index contributed by atoms with van der Waals surface area (Å²) in [6.07, 6.45) is 2.86. The number of aryl methyl sites for hydroxylation is 1. The van der Waals surface area contributed by atoms with E-state index >= 15 is 0 Å². The van der Waals surface area contributed by atoms with Crippen LogP contribution in [-0.4, -0.2) is 20.9 Å². The number of unbranched alkanes of at least 4 members (excludes halogenated alkanes) is 2. The first-order chi connectivity index (χ1) is 9.27. The Morgan fingerprint density at radius 1 is 1.35 bits per heavy atom. The number of primary sulfonamides is 1. The Morgan fingerprint density at radius 2 is 2.00 bits per heavy atom. The molecule has 0 fully saturated rings. The molecule has 0 aromatic heterocycles. The van der Waals surface area contributed by atoms with Crippen LogP contribution in [0, 0.1) is 12.7 Å². The molecule has 20 heavy (non-hydrogen) atoms. The summed E-state index contributed by atoms with van der Waals surface area (Å²) in [6.45, 7) is 3.93. The van der Waals surface area contributed by atoms with Crippen LogP contribution in [0.1, 0.15) is 42.1 Å². The number of hydrogen-bond acceptors (Lipinski definition) is 3. The highest BCUT2D eigenvalue weighted by molar-refractivity contribution is 7.89. The minimum atomic E-state index is -4.20. The van der Waals surface area contributed by atoms with Crippen LogP contribution in [0.4, 0.5) is 4.39 Å². The smallest absolute Gasteiger partial charge is 0.251 e. The van der Waals surface area contributed by atoms with E-state index in [1.165, 1.54) is 13.0 Å². The van der Waals surface area contributed by atoms with Crippen LogP contribution in [-0.2, 0) is 10.0 Å². The van der Waals surface area contributed by atoms with E-state index in [9.17, 15) is 17.6 Å². The second-order valence-corrected chi connectivity index (χ2v) is 6.14. The van der Waals surface area contributed by atoms with Gasteiger partial charge in [-0.2, -0.15) is 0 Å². The van der Waals surface area contributed by atoms with Crippen molar-refractivity contribution in [1.82, 2.24) is 5.32 Å². The van der Waals surface area contributed by atoms with Crippen molar-refractivity contribution in [3.05, 3.63) is 29.1 Å². The van der Waals surface area contributed by atoms with Crippen LogP contribution in [0.5, 0.6) is 0 Å². The number of rotatable bonds is 6. The molecule has 0 saturated carbocycles. The van der Waals surface area contributed by atoms with Gasteiger partial charge >= 0.3 is 0 Å². The maximum atomic E-state index is 13.7. The average Bonchev–Trinajstić information content (AvgIpc) is 2.36. The highest BCUT2D eigenvalue weighted by Gasteiger charge is 2.19. The molecular weight excluding hydrogens is 283 g/mol. The molecule has 0 bridgehead atoms. The minimum absolute atomic E-state index is 0.0650. The quantitative estimate of drug-likeness (QED) is 0.784. The topological polar surface area (TPSA) is 89.3 Å². The summed E-state index contributed by atoms with van der Waals surface area (Å²) in [4.78, 5) is 11.2. The lowest BCUT2D eigenvalue weighted by Crippen LogP contribution is -2.25. The molecule has 1 aromatic rings. The molecule has 3 N–H and O–H groups in total. The summed E-state index contributed by atoms with van der Waals surface area (Å²) >= 11 is 0. The number of carbonyl (C=O) groups excluding carboxylic acids is 1. The molecule has 0 atom stereocenters. The normalized spacial score (nSPS) is 11.4. The van der Waals surface area contributed by atoms with Crippen molar-refractivity contribution in [2.24, 2.45) is 5.14 Å². The molecular formula is C13H19FN2O3S. The van der Waals surface area contributed by atoms with E-state index in [4.69, 9.17) is 5.14 Å². The summed E-state index contributed by atoms with van der Waals surface area (Å²) in [5.41, 5.74) is 0.152. The van der Waals surface area contributed by atoms with Gasteiger partial charge in [-0.1, -0.05) is 19.8 Å². The van der Waals surface area contributed by atoms with Crippen molar-refractivity contribution in [3.8, 4) is 0 Å². The predicted octanol–water partition coefficient (Wildman–Crippen LogP) is 1.70. The third kappa shape index (κ3) is 4.28. The van der Waals surface area contributed by atoms with E-state index in [0.717, 1.165) is 25.3 Å². The molecule has 0 aliphatic carbocycles. The molecule has 0 spiro atoms. The number of hydrogen-bond donors (Lipinski definition) is 2. The summed E-state index contributed by atoms with van der Waals surface area (Å²) in [5.74, 6) is -1.36. The van der Waals surface area contributed by atoms with Gasteiger partial charge in [0.2, 0.25) is 10.0 Å². The fourth-order valence-corrected chi connectivity index (χ4v) is 2.46. The molecule has 0 heterocycles. The van der Waals surface area contributed by atoms with Gasteiger partial charge in [0, 0.05) is 12.1 Å². The zero-order valence-electron chi connectivity index (χ0n) is 11.6. The summed E-state index contributed by atoms with van der Waals surface area (Å²) in [5, 5.41) is 7.60. The Morgan fingerprint density at radius 3 is 2.55 bits per heavy atom. The zero-order valence-corrected chi connectivity index (χ0v) is 12.4. The number of halogens is 1. The fraction of sp³-hybridized carbons (Fsp3) is 0.462. The second-order valence-electron chi connectivity index (χ2n) is 4.61. The maximum Gasteiger partial charge on any atom is 0.251 e. The Balaban J connectivity index is 2.97. The summed E-state index contributed by atoms with van der Waals surface area (Å²) in [6, 6.07) is 2.27. The SMILES string of the molecule is CCCCCNC(=O)c1cc(C)c(F)c(S(N)(=O)=O)c1. The lowest BCUT2D eigenvalue weighted by Gasteiger charge is -2.09. The first-order valence-corrected chi connectivity index (χ1v) is 7.93. The number of nitrogens with two attached hydrogens (primary N) is 1. The fourth-order valence-electron chi connectivity index (χ4n) is 1.75. The van der Waals surface area contributed by atoms with Gasteiger partial charge < -0.3 is 5.32 Å². The van der Waals surface area contributed by atoms with E-state index in [1.54, 1.807) is 0 Å². The van der Waals surface area contributed by atoms with Crippen LogP contribution in [0.25, 0.3) is 0 Å². The van der Waals surface area contributed by atoms with Crippen molar-refractivity contribution in [1.29, 1.82) is 0 Å². The molecule has 112 valence electrons. The van der Waals surface area contributed by atoms with Crippen LogP contribution >= 0.6 is 0 Å². The zero-order chi connectivity index (χ0) is 15.3. The standard InChI is InChI=1S/C13H19FN2O3S/c1-3-4-5-6-16-13(17)10-7-9(2)12(14)11(8-10)20(15,18)19/h7-8H,3-6H2,1-2H3,(H,16,17)(H2,15,18,19). The van der Waals surface area contributed by atoms with Crippen molar-refractivity contribution < 1.29 is 17.6 Å². The predicted molar refractivity (Wildman–Crippen MR) is 74.4 cm³/mol. The Labute approximate surface area is 118 Å². The molecule has 0 radical (unpaired) electrons. The second kappa shape index (κ2) is 6.81. The molecule has 7 heteroatoms. The number of amides is 1. The minimum Gasteiger partial charge on any atom is -0.352 e. The molecule has 5 nitrogen and oxygen atoms in total. The molecule has 1 amide bonds. The molecule has 0 aliphatic rings.